The first-order chi connectivity index (χ1) is 5.59. The van der Waals surface area contributed by atoms with Gasteiger partial charge >= 0.3 is 5.97 Å². The molecule has 1 heterocycles. The Morgan fingerprint density at radius 1 is 1.58 bits per heavy atom. The minimum absolute atomic E-state index is 0.551. The average molecular weight is 172 g/mol. The van der Waals surface area contributed by atoms with Gasteiger partial charge in [-0.3, -0.25) is 9.69 Å². The highest BCUT2D eigenvalue weighted by molar-refractivity contribution is 5.79. The molecule has 1 unspecified atom stereocenters. The lowest BCUT2D eigenvalue weighted by Crippen LogP contribution is -2.60. The average Bonchev–Trinajstić information content (AvgIpc) is 2.05. The standard InChI is InChI=1S/C8H16N2O2/c1-10(2)8(7(11)12)4-3-5-9-6-8/h9H,3-6H2,1-2H3,(H,11,12). The van der Waals surface area contributed by atoms with Crippen LogP contribution in [0, 0.1) is 0 Å². The number of carboxylic acid groups (broad SMARTS) is 1. The molecule has 0 spiro atoms. The van der Waals surface area contributed by atoms with E-state index in [0.717, 1.165) is 19.4 Å². The summed E-state index contributed by atoms with van der Waals surface area (Å²) in [5, 5.41) is 12.2. The van der Waals surface area contributed by atoms with Gasteiger partial charge in [0.1, 0.15) is 5.54 Å². The van der Waals surface area contributed by atoms with Crippen LogP contribution in [-0.2, 0) is 4.79 Å². The zero-order valence-electron chi connectivity index (χ0n) is 7.63. The Kier molecular flexibility index (Phi) is 2.69. The molecular weight excluding hydrogens is 156 g/mol. The van der Waals surface area contributed by atoms with E-state index in [1.54, 1.807) is 4.90 Å². The Bertz CT molecular complexity index is 174. The van der Waals surface area contributed by atoms with E-state index in [0.29, 0.717) is 6.54 Å². The van der Waals surface area contributed by atoms with E-state index in [2.05, 4.69) is 5.32 Å². The predicted molar refractivity (Wildman–Crippen MR) is 46.2 cm³/mol. The number of carboxylic acids is 1. The summed E-state index contributed by atoms with van der Waals surface area (Å²) in [5.41, 5.74) is -0.682. The van der Waals surface area contributed by atoms with Crippen molar-refractivity contribution in [2.24, 2.45) is 0 Å². The third-order valence-electron chi connectivity index (χ3n) is 2.62. The maximum atomic E-state index is 11.0. The third kappa shape index (κ3) is 1.44. The number of aliphatic carboxylic acids is 1. The highest BCUT2D eigenvalue weighted by atomic mass is 16.4. The molecule has 0 amide bonds. The second kappa shape index (κ2) is 3.41. The number of nitrogens with one attached hydrogen (secondary N) is 1. The van der Waals surface area contributed by atoms with Gasteiger partial charge in [0.15, 0.2) is 0 Å². The lowest BCUT2D eigenvalue weighted by molar-refractivity contribution is -0.151. The summed E-state index contributed by atoms with van der Waals surface area (Å²) >= 11 is 0. The van der Waals surface area contributed by atoms with E-state index in [-0.39, 0.29) is 0 Å². The van der Waals surface area contributed by atoms with Crippen LogP contribution in [0.4, 0.5) is 0 Å². The van der Waals surface area contributed by atoms with Crippen molar-refractivity contribution in [2.75, 3.05) is 27.2 Å². The number of hydrogen-bond acceptors (Lipinski definition) is 3. The van der Waals surface area contributed by atoms with Gasteiger partial charge in [0, 0.05) is 6.54 Å². The Balaban J connectivity index is 2.77. The lowest BCUT2D eigenvalue weighted by atomic mass is 9.89. The van der Waals surface area contributed by atoms with Gasteiger partial charge in [0.2, 0.25) is 0 Å². The zero-order valence-corrected chi connectivity index (χ0v) is 7.63. The number of likely N-dealkylation sites (N-methyl/N-ethyl adjacent to an activating group) is 1. The summed E-state index contributed by atoms with van der Waals surface area (Å²) < 4.78 is 0. The summed E-state index contributed by atoms with van der Waals surface area (Å²) in [6.45, 7) is 1.48. The summed E-state index contributed by atoms with van der Waals surface area (Å²) in [6.07, 6.45) is 1.67. The third-order valence-corrected chi connectivity index (χ3v) is 2.62. The summed E-state index contributed by atoms with van der Waals surface area (Å²) in [4.78, 5) is 12.8. The van der Waals surface area contributed by atoms with Crippen LogP contribution in [-0.4, -0.2) is 48.7 Å². The van der Waals surface area contributed by atoms with E-state index in [9.17, 15) is 4.79 Å². The molecule has 1 rings (SSSR count). The molecule has 0 saturated carbocycles. The fourth-order valence-electron chi connectivity index (χ4n) is 1.64. The van der Waals surface area contributed by atoms with Crippen molar-refractivity contribution < 1.29 is 9.90 Å². The van der Waals surface area contributed by atoms with Gasteiger partial charge in [-0.05, 0) is 33.5 Å². The van der Waals surface area contributed by atoms with Crippen LogP contribution in [0.5, 0.6) is 0 Å². The molecule has 4 nitrogen and oxygen atoms in total. The van der Waals surface area contributed by atoms with E-state index in [4.69, 9.17) is 5.11 Å². The van der Waals surface area contributed by atoms with Crippen LogP contribution in [0.2, 0.25) is 0 Å². The van der Waals surface area contributed by atoms with Crippen molar-refractivity contribution in [2.45, 2.75) is 18.4 Å². The molecule has 1 saturated heterocycles. The van der Waals surface area contributed by atoms with Crippen LogP contribution < -0.4 is 5.32 Å². The molecule has 12 heavy (non-hydrogen) atoms. The van der Waals surface area contributed by atoms with Crippen molar-refractivity contribution in [3.8, 4) is 0 Å². The normalized spacial score (nSPS) is 30.6. The van der Waals surface area contributed by atoms with Gasteiger partial charge in [-0.15, -0.1) is 0 Å². The molecule has 0 aliphatic carbocycles. The van der Waals surface area contributed by atoms with Crippen molar-refractivity contribution in [3.05, 3.63) is 0 Å². The van der Waals surface area contributed by atoms with Crippen LogP contribution in [0.1, 0.15) is 12.8 Å². The second-order valence-corrected chi connectivity index (χ2v) is 3.51. The summed E-state index contributed by atoms with van der Waals surface area (Å²) in [6, 6.07) is 0. The van der Waals surface area contributed by atoms with Gasteiger partial charge in [0.05, 0.1) is 0 Å². The molecule has 1 aliphatic heterocycles. The molecule has 1 fully saturated rings. The maximum absolute atomic E-state index is 11.0. The first kappa shape index (κ1) is 9.48. The first-order valence-corrected chi connectivity index (χ1v) is 4.21. The molecular formula is C8H16N2O2. The molecule has 0 bridgehead atoms. The molecule has 1 atom stereocenters. The minimum Gasteiger partial charge on any atom is -0.480 e. The Hall–Kier alpha value is -0.610. The van der Waals surface area contributed by atoms with Gasteiger partial charge in [-0.25, -0.2) is 0 Å². The fourth-order valence-corrected chi connectivity index (χ4v) is 1.64. The highest BCUT2D eigenvalue weighted by Gasteiger charge is 2.41. The van der Waals surface area contributed by atoms with E-state index >= 15 is 0 Å². The van der Waals surface area contributed by atoms with E-state index < -0.39 is 11.5 Å². The van der Waals surface area contributed by atoms with Crippen molar-refractivity contribution in [1.29, 1.82) is 0 Å². The Morgan fingerprint density at radius 3 is 2.50 bits per heavy atom. The first-order valence-electron chi connectivity index (χ1n) is 4.21. The summed E-state index contributed by atoms with van der Waals surface area (Å²) in [5.74, 6) is -0.722. The molecule has 4 heteroatoms. The molecule has 0 aromatic rings. The number of hydrogen-bond donors (Lipinski definition) is 2. The van der Waals surface area contributed by atoms with Gasteiger partial charge in [0.25, 0.3) is 0 Å². The van der Waals surface area contributed by atoms with Crippen molar-refractivity contribution in [3.63, 3.8) is 0 Å². The predicted octanol–water partition coefficient (Wildman–Crippen LogP) is -0.245. The van der Waals surface area contributed by atoms with Gasteiger partial charge in [-0.1, -0.05) is 0 Å². The smallest absolute Gasteiger partial charge is 0.325 e. The van der Waals surface area contributed by atoms with Crippen LogP contribution in [0.15, 0.2) is 0 Å². The topological polar surface area (TPSA) is 52.6 Å². The molecule has 1 aliphatic rings. The van der Waals surface area contributed by atoms with Crippen LogP contribution in [0.3, 0.4) is 0 Å². The fraction of sp³-hybridized carbons (Fsp3) is 0.875. The Morgan fingerprint density at radius 2 is 2.25 bits per heavy atom. The van der Waals surface area contributed by atoms with E-state index in [1.165, 1.54) is 0 Å². The summed E-state index contributed by atoms with van der Waals surface area (Å²) in [7, 11) is 3.64. The highest BCUT2D eigenvalue weighted by Crippen LogP contribution is 2.21. The van der Waals surface area contributed by atoms with Crippen molar-refractivity contribution >= 4 is 5.97 Å². The van der Waals surface area contributed by atoms with Crippen molar-refractivity contribution in [1.82, 2.24) is 10.2 Å². The second-order valence-electron chi connectivity index (χ2n) is 3.51. The van der Waals surface area contributed by atoms with E-state index in [1.807, 2.05) is 14.1 Å². The van der Waals surface area contributed by atoms with Crippen LogP contribution in [0.25, 0.3) is 0 Å². The molecule has 2 N–H and O–H groups in total. The van der Waals surface area contributed by atoms with Crippen LogP contribution >= 0.6 is 0 Å². The minimum atomic E-state index is -0.722. The molecule has 0 aromatic carbocycles. The van der Waals surface area contributed by atoms with Gasteiger partial charge in [-0.2, -0.15) is 0 Å². The molecule has 70 valence electrons. The number of piperidine rings is 1. The molecule has 0 aromatic heterocycles. The monoisotopic (exact) mass is 172 g/mol. The molecule has 0 radical (unpaired) electrons. The SMILES string of the molecule is CN(C)C1(C(=O)O)CCCNC1. The van der Waals surface area contributed by atoms with Gasteiger partial charge < -0.3 is 10.4 Å². The largest absolute Gasteiger partial charge is 0.480 e. The zero-order chi connectivity index (χ0) is 9.19. The quantitative estimate of drug-likeness (QED) is 0.603. The number of carbonyl (C=O) groups is 1. The maximum Gasteiger partial charge on any atom is 0.325 e. The number of nitrogens with zero attached hydrogens (tertiary/aromatic N) is 1. The lowest BCUT2D eigenvalue weighted by Gasteiger charge is -2.39. The Labute approximate surface area is 72.6 Å². The number of rotatable bonds is 2.